The second-order valence-electron chi connectivity index (χ2n) is 10.5. The number of carbonyl (C=O) groups is 1. The molecule has 1 amide bonds. The summed E-state index contributed by atoms with van der Waals surface area (Å²) in [6, 6.07) is 13.3. The minimum absolute atomic E-state index is 0.0359. The van der Waals surface area contributed by atoms with Gasteiger partial charge in [-0.1, -0.05) is 42.5 Å². The number of amides is 1. The Hall–Kier alpha value is -3.70. The zero-order chi connectivity index (χ0) is 30.4. The van der Waals surface area contributed by atoms with Gasteiger partial charge in [0.1, 0.15) is 5.82 Å². The smallest absolute Gasteiger partial charge is 0.392 e. The number of nitrogens with zero attached hydrogens (tertiary/aromatic N) is 1. The van der Waals surface area contributed by atoms with Crippen molar-refractivity contribution in [2.45, 2.75) is 56.5 Å². The average molecular weight is 594 g/mol. The highest BCUT2D eigenvalue weighted by molar-refractivity contribution is 5.92. The number of rotatable bonds is 6. The van der Waals surface area contributed by atoms with Gasteiger partial charge >= 0.3 is 12.4 Å². The summed E-state index contributed by atoms with van der Waals surface area (Å²) in [5.74, 6) is -1.31. The van der Waals surface area contributed by atoms with Crippen LogP contribution in [0.5, 0.6) is 0 Å². The van der Waals surface area contributed by atoms with Crippen molar-refractivity contribution in [2.75, 3.05) is 6.54 Å². The first-order valence-electron chi connectivity index (χ1n) is 13.1. The molecule has 4 atom stereocenters. The number of benzene rings is 3. The summed E-state index contributed by atoms with van der Waals surface area (Å²) in [6.07, 6.45) is -10.1. The average Bonchev–Trinajstić information content (AvgIpc) is 3.30. The molecular formula is C31H26F7NO3. The van der Waals surface area contributed by atoms with Crippen molar-refractivity contribution in [1.29, 1.82) is 0 Å². The molecule has 3 aromatic rings. The van der Waals surface area contributed by atoms with Crippen LogP contribution < -0.4 is 0 Å². The minimum atomic E-state index is -5.01. The van der Waals surface area contributed by atoms with E-state index >= 15 is 0 Å². The lowest BCUT2D eigenvalue weighted by Crippen LogP contribution is -2.39. The predicted octanol–water partition coefficient (Wildman–Crippen LogP) is 7.28. The third kappa shape index (κ3) is 6.07. The van der Waals surface area contributed by atoms with E-state index in [9.17, 15) is 40.6 Å². The molecule has 42 heavy (non-hydrogen) atoms. The molecule has 11 heteroatoms. The fourth-order valence-corrected chi connectivity index (χ4v) is 5.64. The van der Waals surface area contributed by atoms with E-state index in [2.05, 4.69) is 0 Å². The number of aliphatic hydroxyl groups is 1. The molecule has 3 aromatic carbocycles. The number of alkyl halides is 6. The molecule has 2 aliphatic heterocycles. The standard InChI is InChI=1S/C31H26F7NO3/c1-17(21-10-23(30(33,34)35)14-24(11-21)31(36,37)38)42-27-15-39-26(29(27)20-6-8-25(32)9-7-20)12-22(13-28(39)41)19-4-2-18(16-40)3-5-19/h2-12,14,17,26-27,29,40H,13,15-16H2,1H3/t17-,26?,27?,29+/m1/s1. The molecule has 5 rings (SSSR count). The lowest BCUT2D eigenvalue weighted by atomic mass is 9.85. The third-order valence-corrected chi connectivity index (χ3v) is 7.76. The van der Waals surface area contributed by atoms with Crippen molar-refractivity contribution in [3.8, 4) is 0 Å². The summed E-state index contributed by atoms with van der Waals surface area (Å²) in [4.78, 5) is 14.9. The molecular weight excluding hydrogens is 567 g/mol. The highest BCUT2D eigenvalue weighted by Crippen LogP contribution is 2.44. The normalized spacial score (nSPS) is 21.7. The summed E-state index contributed by atoms with van der Waals surface area (Å²) in [6.45, 7) is 1.25. The van der Waals surface area contributed by atoms with Gasteiger partial charge in [-0.15, -0.1) is 0 Å². The largest absolute Gasteiger partial charge is 0.416 e. The maximum Gasteiger partial charge on any atom is 0.416 e. The molecule has 2 unspecified atom stereocenters. The molecule has 222 valence electrons. The monoisotopic (exact) mass is 593 g/mol. The van der Waals surface area contributed by atoms with Gasteiger partial charge in [-0.05, 0) is 65.1 Å². The second-order valence-corrected chi connectivity index (χ2v) is 10.5. The zero-order valence-electron chi connectivity index (χ0n) is 22.2. The Kier molecular flexibility index (Phi) is 7.93. The molecule has 1 saturated heterocycles. The van der Waals surface area contributed by atoms with Crippen LogP contribution in [-0.4, -0.2) is 34.6 Å². The van der Waals surface area contributed by atoms with Gasteiger partial charge < -0.3 is 14.7 Å². The first-order valence-corrected chi connectivity index (χ1v) is 13.1. The topological polar surface area (TPSA) is 49.8 Å². The number of carbonyl (C=O) groups excluding carboxylic acids is 1. The maximum atomic E-state index is 13.8. The Morgan fingerprint density at radius 3 is 2.07 bits per heavy atom. The summed E-state index contributed by atoms with van der Waals surface area (Å²) in [7, 11) is 0. The lowest BCUT2D eigenvalue weighted by Gasteiger charge is -2.31. The Labute approximate surface area is 237 Å². The maximum absolute atomic E-state index is 13.8. The van der Waals surface area contributed by atoms with Gasteiger partial charge in [0.25, 0.3) is 0 Å². The van der Waals surface area contributed by atoms with Crippen LogP contribution in [0, 0.1) is 5.82 Å². The number of halogens is 7. The number of aliphatic hydroxyl groups excluding tert-OH is 1. The van der Waals surface area contributed by atoms with Gasteiger partial charge in [0, 0.05) is 12.5 Å². The summed E-state index contributed by atoms with van der Waals surface area (Å²) < 4.78 is 101. The second kappa shape index (κ2) is 11.2. The van der Waals surface area contributed by atoms with Crippen molar-refractivity contribution in [1.82, 2.24) is 4.90 Å². The molecule has 2 heterocycles. The molecule has 0 spiro atoms. The summed E-state index contributed by atoms with van der Waals surface area (Å²) >= 11 is 0. The SMILES string of the molecule is C[C@@H](OC1CN2C(=O)CC(c3ccc(CO)cc3)=CC2[C@@H]1c1ccc(F)cc1)c1cc(C(F)(F)F)cc(C(F)(F)F)c1. The Bertz CT molecular complexity index is 1450. The number of hydrogen-bond acceptors (Lipinski definition) is 3. The third-order valence-electron chi connectivity index (χ3n) is 7.76. The molecule has 4 nitrogen and oxygen atoms in total. The Balaban J connectivity index is 1.51. The summed E-state index contributed by atoms with van der Waals surface area (Å²) in [5, 5.41) is 9.35. The molecule has 1 N–H and O–H groups in total. The molecule has 0 saturated carbocycles. The van der Waals surface area contributed by atoms with Crippen molar-refractivity contribution in [3.63, 3.8) is 0 Å². The quantitative estimate of drug-likeness (QED) is 0.306. The van der Waals surface area contributed by atoms with E-state index in [4.69, 9.17) is 4.74 Å². The van der Waals surface area contributed by atoms with Crippen LogP contribution in [-0.2, 0) is 28.5 Å². The van der Waals surface area contributed by atoms with E-state index in [0.717, 1.165) is 11.1 Å². The fourth-order valence-electron chi connectivity index (χ4n) is 5.64. The molecule has 0 aromatic heterocycles. The van der Waals surface area contributed by atoms with Crippen molar-refractivity contribution >= 4 is 11.5 Å². The van der Waals surface area contributed by atoms with Crippen LogP contribution in [0.1, 0.15) is 58.7 Å². The molecule has 0 radical (unpaired) electrons. The van der Waals surface area contributed by atoms with Gasteiger partial charge in [0.2, 0.25) is 5.91 Å². The van der Waals surface area contributed by atoms with E-state index < -0.39 is 53.5 Å². The van der Waals surface area contributed by atoms with Gasteiger partial charge in [-0.2, -0.15) is 26.3 Å². The van der Waals surface area contributed by atoms with Gasteiger partial charge in [-0.3, -0.25) is 4.79 Å². The number of hydrogen-bond donors (Lipinski definition) is 1. The van der Waals surface area contributed by atoms with Crippen LogP contribution in [0.25, 0.3) is 5.57 Å². The van der Waals surface area contributed by atoms with E-state index in [1.807, 2.05) is 6.08 Å². The van der Waals surface area contributed by atoms with E-state index in [1.165, 1.54) is 31.2 Å². The van der Waals surface area contributed by atoms with Crippen molar-refractivity contribution < 1.29 is 45.4 Å². The van der Waals surface area contributed by atoms with Gasteiger partial charge in [0.05, 0.1) is 42.4 Å². The van der Waals surface area contributed by atoms with Crippen LogP contribution in [0.4, 0.5) is 30.7 Å². The highest BCUT2D eigenvalue weighted by atomic mass is 19.4. The van der Waals surface area contributed by atoms with Gasteiger partial charge in [0.15, 0.2) is 0 Å². The fraction of sp³-hybridized carbons (Fsp3) is 0.323. The van der Waals surface area contributed by atoms with Crippen molar-refractivity contribution in [2.24, 2.45) is 0 Å². The van der Waals surface area contributed by atoms with E-state index in [1.54, 1.807) is 29.2 Å². The van der Waals surface area contributed by atoms with Crippen LogP contribution in [0.2, 0.25) is 0 Å². The molecule has 0 bridgehead atoms. The number of ether oxygens (including phenoxy) is 1. The number of fused-ring (bicyclic) bond motifs is 1. The van der Waals surface area contributed by atoms with E-state index in [0.29, 0.717) is 23.3 Å². The van der Waals surface area contributed by atoms with Crippen LogP contribution in [0.15, 0.2) is 72.8 Å². The van der Waals surface area contributed by atoms with Crippen LogP contribution >= 0.6 is 0 Å². The van der Waals surface area contributed by atoms with E-state index in [-0.39, 0.29) is 37.1 Å². The minimum Gasteiger partial charge on any atom is -0.392 e. The molecule has 2 aliphatic rings. The predicted molar refractivity (Wildman–Crippen MR) is 139 cm³/mol. The Morgan fingerprint density at radius 1 is 0.929 bits per heavy atom. The van der Waals surface area contributed by atoms with Crippen LogP contribution in [0.3, 0.4) is 0 Å². The first-order chi connectivity index (χ1) is 19.7. The zero-order valence-corrected chi connectivity index (χ0v) is 22.2. The Morgan fingerprint density at radius 2 is 1.52 bits per heavy atom. The first kappa shape index (κ1) is 29.8. The van der Waals surface area contributed by atoms with Gasteiger partial charge in [-0.25, -0.2) is 4.39 Å². The summed E-state index contributed by atoms with van der Waals surface area (Å²) in [5.41, 5.74) is -0.431. The highest BCUT2D eigenvalue weighted by Gasteiger charge is 2.47. The lowest BCUT2D eigenvalue weighted by molar-refractivity contribution is -0.143. The molecule has 0 aliphatic carbocycles. The molecule has 1 fully saturated rings. The van der Waals surface area contributed by atoms with Crippen molar-refractivity contribution in [3.05, 3.63) is 112 Å².